The van der Waals surface area contributed by atoms with E-state index in [1.807, 2.05) is 12.2 Å². The van der Waals surface area contributed by atoms with Crippen LogP contribution in [0.2, 0.25) is 5.02 Å². The smallest absolute Gasteiger partial charge is 0.312 e. The standard InChI is InChI=1S/C19H18ClNO4/c1-3-4-14-19-10-9-13(25-19)15(18(23)24-2)16(19)17(22)21(14)12-7-5-11(20)6-8-12/h3,5-10,13-16H,1,4H2,2H3/t13-,14+,15+,16-,19-/m0/s1. The van der Waals surface area contributed by atoms with Gasteiger partial charge in [0.05, 0.1) is 25.2 Å². The SMILES string of the molecule is C=CC[C@H]1N(c2ccc(Cl)cc2)C(=O)[C@@H]2[C@H](C(=O)OC)[C@@H]3C=C[C@@]21O3. The van der Waals surface area contributed by atoms with Crippen LogP contribution in [0.5, 0.6) is 0 Å². The van der Waals surface area contributed by atoms with Crippen LogP contribution >= 0.6 is 11.6 Å². The van der Waals surface area contributed by atoms with Crippen LogP contribution < -0.4 is 4.90 Å². The Balaban J connectivity index is 1.81. The van der Waals surface area contributed by atoms with E-state index in [0.717, 1.165) is 5.69 Å². The Bertz CT molecular complexity index is 774. The maximum atomic E-state index is 13.3. The molecule has 5 atom stereocenters. The third-order valence-corrected chi connectivity index (χ3v) is 5.64. The van der Waals surface area contributed by atoms with Crippen LogP contribution in [0.4, 0.5) is 5.69 Å². The number of nitrogens with zero attached hydrogens (tertiary/aromatic N) is 1. The first-order valence-corrected chi connectivity index (χ1v) is 8.56. The molecule has 0 aliphatic carbocycles. The first-order chi connectivity index (χ1) is 12.0. The summed E-state index contributed by atoms with van der Waals surface area (Å²) >= 11 is 5.98. The van der Waals surface area contributed by atoms with Gasteiger partial charge in [-0.15, -0.1) is 6.58 Å². The molecule has 0 aromatic heterocycles. The van der Waals surface area contributed by atoms with Gasteiger partial charge in [0.2, 0.25) is 5.91 Å². The number of carbonyl (C=O) groups is 2. The highest BCUT2D eigenvalue weighted by Gasteiger charge is 2.71. The summed E-state index contributed by atoms with van der Waals surface area (Å²) in [6.07, 6.45) is 5.71. The number of methoxy groups -OCH3 is 1. The molecule has 25 heavy (non-hydrogen) atoms. The van der Waals surface area contributed by atoms with Gasteiger partial charge in [-0.25, -0.2) is 0 Å². The molecule has 3 heterocycles. The van der Waals surface area contributed by atoms with Crippen molar-refractivity contribution in [3.8, 4) is 0 Å². The summed E-state index contributed by atoms with van der Waals surface area (Å²) < 4.78 is 11.1. The number of hydrogen-bond donors (Lipinski definition) is 0. The molecule has 0 N–H and O–H groups in total. The zero-order chi connectivity index (χ0) is 17.8. The lowest BCUT2D eigenvalue weighted by Crippen LogP contribution is -2.45. The van der Waals surface area contributed by atoms with Gasteiger partial charge in [0.25, 0.3) is 0 Å². The van der Waals surface area contributed by atoms with Crippen molar-refractivity contribution in [2.45, 2.75) is 24.2 Å². The maximum Gasteiger partial charge on any atom is 0.312 e. The summed E-state index contributed by atoms with van der Waals surface area (Å²) in [5, 5.41) is 0.596. The average molecular weight is 360 g/mol. The lowest BCUT2D eigenvalue weighted by Gasteiger charge is -2.32. The summed E-state index contributed by atoms with van der Waals surface area (Å²) in [7, 11) is 1.34. The van der Waals surface area contributed by atoms with E-state index in [0.29, 0.717) is 11.4 Å². The van der Waals surface area contributed by atoms with E-state index in [1.54, 1.807) is 35.2 Å². The molecule has 2 fully saturated rings. The number of fused-ring (bicyclic) bond motifs is 1. The summed E-state index contributed by atoms with van der Waals surface area (Å²) in [6, 6.07) is 6.83. The lowest BCUT2D eigenvalue weighted by atomic mass is 9.74. The van der Waals surface area contributed by atoms with Gasteiger partial charge in [-0.05, 0) is 30.7 Å². The molecule has 1 amide bonds. The van der Waals surface area contributed by atoms with Crippen molar-refractivity contribution in [2.75, 3.05) is 12.0 Å². The Labute approximate surface area is 150 Å². The van der Waals surface area contributed by atoms with E-state index >= 15 is 0 Å². The van der Waals surface area contributed by atoms with Crippen LogP contribution in [-0.2, 0) is 19.1 Å². The van der Waals surface area contributed by atoms with E-state index in [1.165, 1.54) is 7.11 Å². The molecular weight excluding hydrogens is 342 g/mol. The number of amides is 1. The van der Waals surface area contributed by atoms with Gasteiger partial charge < -0.3 is 14.4 Å². The molecule has 0 radical (unpaired) electrons. The first kappa shape index (κ1) is 16.4. The lowest BCUT2D eigenvalue weighted by molar-refractivity contribution is -0.149. The molecule has 1 spiro atoms. The summed E-state index contributed by atoms with van der Waals surface area (Å²) in [6.45, 7) is 3.82. The Morgan fingerprint density at radius 3 is 2.80 bits per heavy atom. The Morgan fingerprint density at radius 2 is 2.16 bits per heavy atom. The second-order valence-electron chi connectivity index (χ2n) is 6.55. The Morgan fingerprint density at radius 1 is 1.44 bits per heavy atom. The number of halogens is 1. The summed E-state index contributed by atoms with van der Waals surface area (Å²) in [5.74, 6) is -1.75. The van der Waals surface area contributed by atoms with Crippen molar-refractivity contribution >= 4 is 29.2 Å². The number of carbonyl (C=O) groups excluding carboxylic acids is 2. The van der Waals surface area contributed by atoms with Gasteiger partial charge in [-0.1, -0.05) is 29.8 Å². The second-order valence-corrected chi connectivity index (χ2v) is 6.98. The van der Waals surface area contributed by atoms with Crippen LogP contribution in [0.1, 0.15) is 6.42 Å². The number of benzene rings is 1. The monoisotopic (exact) mass is 359 g/mol. The van der Waals surface area contributed by atoms with Crippen molar-refractivity contribution in [1.29, 1.82) is 0 Å². The third kappa shape index (κ3) is 2.12. The predicted molar refractivity (Wildman–Crippen MR) is 93.3 cm³/mol. The molecule has 2 bridgehead atoms. The van der Waals surface area contributed by atoms with E-state index in [2.05, 4.69) is 6.58 Å². The van der Waals surface area contributed by atoms with Crippen LogP contribution in [-0.4, -0.2) is 36.7 Å². The minimum Gasteiger partial charge on any atom is -0.469 e. The minimum absolute atomic E-state index is 0.128. The van der Waals surface area contributed by atoms with Crippen LogP contribution in [0.3, 0.4) is 0 Å². The van der Waals surface area contributed by atoms with Gasteiger partial charge >= 0.3 is 5.97 Å². The van der Waals surface area contributed by atoms with E-state index < -0.39 is 29.5 Å². The van der Waals surface area contributed by atoms with Crippen LogP contribution in [0.15, 0.2) is 49.1 Å². The third-order valence-electron chi connectivity index (χ3n) is 5.39. The fourth-order valence-corrected chi connectivity index (χ4v) is 4.54. The number of esters is 1. The van der Waals surface area contributed by atoms with Crippen LogP contribution in [0.25, 0.3) is 0 Å². The zero-order valence-electron chi connectivity index (χ0n) is 13.7. The van der Waals surface area contributed by atoms with Gasteiger partial charge in [0, 0.05) is 10.7 Å². The number of rotatable bonds is 4. The molecule has 130 valence electrons. The van der Waals surface area contributed by atoms with Crippen molar-refractivity contribution < 1.29 is 19.1 Å². The van der Waals surface area contributed by atoms with Crippen molar-refractivity contribution in [2.24, 2.45) is 11.8 Å². The summed E-state index contributed by atoms with van der Waals surface area (Å²) in [5.41, 5.74) is -0.0943. The molecular formula is C19H18ClNO4. The molecule has 3 aliphatic heterocycles. The molecule has 3 aliphatic rings. The Hall–Kier alpha value is -2.11. The molecule has 1 aromatic rings. The topological polar surface area (TPSA) is 55.8 Å². The van der Waals surface area contributed by atoms with E-state index in [-0.39, 0.29) is 11.9 Å². The minimum atomic E-state index is -0.825. The molecule has 1 aromatic carbocycles. The summed E-state index contributed by atoms with van der Waals surface area (Å²) in [4.78, 5) is 27.3. The zero-order valence-corrected chi connectivity index (χ0v) is 14.5. The van der Waals surface area contributed by atoms with Crippen molar-refractivity contribution in [3.05, 3.63) is 54.1 Å². The predicted octanol–water partition coefficient (Wildman–Crippen LogP) is 2.74. The van der Waals surface area contributed by atoms with Gasteiger partial charge in [0.1, 0.15) is 11.5 Å². The van der Waals surface area contributed by atoms with Crippen molar-refractivity contribution in [1.82, 2.24) is 0 Å². The highest BCUT2D eigenvalue weighted by molar-refractivity contribution is 6.30. The van der Waals surface area contributed by atoms with Gasteiger partial charge in [-0.3, -0.25) is 9.59 Å². The Kier molecular flexibility index (Phi) is 3.74. The molecule has 0 unspecified atom stereocenters. The average Bonchev–Trinajstić information content (AvgIpc) is 3.25. The number of ether oxygens (including phenoxy) is 2. The van der Waals surface area contributed by atoms with E-state index in [9.17, 15) is 9.59 Å². The van der Waals surface area contributed by atoms with Gasteiger partial charge in [-0.2, -0.15) is 0 Å². The maximum absolute atomic E-state index is 13.3. The first-order valence-electron chi connectivity index (χ1n) is 8.18. The highest BCUT2D eigenvalue weighted by Crippen LogP contribution is 2.56. The molecule has 6 heteroatoms. The molecule has 4 rings (SSSR count). The largest absolute Gasteiger partial charge is 0.469 e. The molecule has 0 saturated carbocycles. The number of anilines is 1. The quantitative estimate of drug-likeness (QED) is 0.612. The fourth-order valence-electron chi connectivity index (χ4n) is 4.41. The number of hydrogen-bond acceptors (Lipinski definition) is 4. The van der Waals surface area contributed by atoms with Crippen LogP contribution in [0, 0.1) is 11.8 Å². The molecule has 5 nitrogen and oxygen atoms in total. The highest BCUT2D eigenvalue weighted by atomic mass is 35.5. The fraction of sp³-hybridized carbons (Fsp3) is 0.368. The second kappa shape index (κ2) is 5.71. The van der Waals surface area contributed by atoms with E-state index in [4.69, 9.17) is 21.1 Å². The molecule has 2 saturated heterocycles. The van der Waals surface area contributed by atoms with Crippen molar-refractivity contribution in [3.63, 3.8) is 0 Å². The van der Waals surface area contributed by atoms with Gasteiger partial charge in [0.15, 0.2) is 0 Å². The normalized spacial score (nSPS) is 35.1.